The molecule has 1 N–H and O–H groups in total. The second-order valence-electron chi connectivity index (χ2n) is 5.51. The first-order valence-electron chi connectivity index (χ1n) is 7.05. The highest BCUT2D eigenvalue weighted by Crippen LogP contribution is 2.28. The van der Waals surface area contributed by atoms with Gasteiger partial charge in [0.05, 0.1) is 22.6 Å². The highest BCUT2D eigenvalue weighted by molar-refractivity contribution is 6.47. The molecule has 1 aromatic heterocycles. The summed E-state index contributed by atoms with van der Waals surface area (Å²) in [5.74, 6) is -1.33. The number of anilines is 2. The minimum Gasteiger partial charge on any atom is -0.376 e. The van der Waals surface area contributed by atoms with E-state index in [1.807, 2.05) is 19.0 Å². The Balaban J connectivity index is 2.32. The molecule has 0 fully saturated rings. The number of amides is 1. The van der Waals surface area contributed by atoms with E-state index in [-0.39, 0.29) is 0 Å². The number of halogens is 1. The minimum absolute atomic E-state index is 0.332. The van der Waals surface area contributed by atoms with Gasteiger partial charge in [0.15, 0.2) is 0 Å². The maximum atomic E-state index is 12.5. The Morgan fingerprint density at radius 1 is 1.26 bits per heavy atom. The van der Waals surface area contributed by atoms with Gasteiger partial charge in [0.1, 0.15) is 0 Å². The quantitative estimate of drug-likeness (QED) is 0.689. The molecule has 2 rings (SSSR count). The molecule has 0 spiro atoms. The molecule has 0 radical (unpaired) electrons. The van der Waals surface area contributed by atoms with Crippen LogP contribution in [0.25, 0.3) is 0 Å². The second kappa shape index (κ2) is 6.42. The van der Waals surface area contributed by atoms with Crippen molar-refractivity contribution in [2.75, 3.05) is 24.3 Å². The Morgan fingerprint density at radius 2 is 1.91 bits per heavy atom. The van der Waals surface area contributed by atoms with E-state index in [0.29, 0.717) is 27.7 Å². The van der Waals surface area contributed by atoms with Crippen LogP contribution < -0.4 is 10.2 Å². The third-order valence-corrected chi connectivity index (χ3v) is 3.87. The molecule has 6 nitrogen and oxygen atoms in total. The van der Waals surface area contributed by atoms with Crippen LogP contribution in [0.15, 0.2) is 18.2 Å². The van der Waals surface area contributed by atoms with Gasteiger partial charge in [-0.2, -0.15) is 5.10 Å². The number of benzene rings is 1. The fourth-order valence-corrected chi connectivity index (χ4v) is 2.57. The lowest BCUT2D eigenvalue weighted by molar-refractivity contribution is -0.112. The zero-order chi connectivity index (χ0) is 17.3. The van der Waals surface area contributed by atoms with Crippen molar-refractivity contribution in [2.24, 2.45) is 7.05 Å². The number of nitrogens with zero attached hydrogens (tertiary/aromatic N) is 3. The van der Waals surface area contributed by atoms with Crippen molar-refractivity contribution in [3.8, 4) is 0 Å². The van der Waals surface area contributed by atoms with Crippen molar-refractivity contribution in [2.45, 2.75) is 13.8 Å². The fraction of sp³-hybridized carbons (Fsp3) is 0.312. The van der Waals surface area contributed by atoms with Gasteiger partial charge in [0.25, 0.3) is 11.7 Å². The standard InChI is InChI=1S/C16H19ClN4O2/c1-9-14(10(2)21(5)19-9)15(22)16(23)18-12-8-11(17)6-7-13(12)20(3)4/h6-8H,1-5H3,(H,18,23). The smallest absolute Gasteiger partial charge is 0.296 e. The van der Waals surface area contributed by atoms with Gasteiger partial charge in [0.2, 0.25) is 0 Å². The number of aromatic nitrogens is 2. The summed E-state index contributed by atoms with van der Waals surface area (Å²) in [6.45, 7) is 3.46. The number of nitrogens with one attached hydrogen (secondary N) is 1. The molecular formula is C16H19ClN4O2. The Bertz CT molecular complexity index is 781. The first kappa shape index (κ1) is 17.0. The molecule has 1 aromatic carbocycles. The van der Waals surface area contributed by atoms with Crippen LogP contribution in [0.5, 0.6) is 0 Å². The van der Waals surface area contributed by atoms with Crippen LogP contribution in [-0.4, -0.2) is 35.6 Å². The Kier molecular flexibility index (Phi) is 4.75. The van der Waals surface area contributed by atoms with E-state index in [1.54, 1.807) is 43.8 Å². The van der Waals surface area contributed by atoms with Gasteiger partial charge in [-0.25, -0.2) is 0 Å². The minimum atomic E-state index is -0.713. The molecule has 0 aliphatic heterocycles. The van der Waals surface area contributed by atoms with Gasteiger partial charge in [-0.05, 0) is 32.0 Å². The molecule has 23 heavy (non-hydrogen) atoms. The van der Waals surface area contributed by atoms with Crippen molar-refractivity contribution in [1.29, 1.82) is 0 Å². The average molecular weight is 335 g/mol. The van der Waals surface area contributed by atoms with Crippen LogP contribution in [0, 0.1) is 13.8 Å². The van der Waals surface area contributed by atoms with Crippen molar-refractivity contribution < 1.29 is 9.59 Å². The number of hydrogen-bond donors (Lipinski definition) is 1. The molecule has 0 aliphatic carbocycles. The Labute approximate surface area is 140 Å². The Hall–Kier alpha value is -2.34. The normalized spacial score (nSPS) is 10.5. The predicted molar refractivity (Wildman–Crippen MR) is 91.4 cm³/mol. The van der Waals surface area contributed by atoms with E-state index in [2.05, 4.69) is 10.4 Å². The molecule has 0 bridgehead atoms. The summed E-state index contributed by atoms with van der Waals surface area (Å²) < 4.78 is 1.58. The molecule has 2 aromatic rings. The lowest BCUT2D eigenvalue weighted by Gasteiger charge is -2.18. The van der Waals surface area contributed by atoms with Crippen molar-refractivity contribution in [1.82, 2.24) is 9.78 Å². The van der Waals surface area contributed by atoms with Crippen molar-refractivity contribution in [3.05, 3.63) is 40.2 Å². The summed E-state index contributed by atoms with van der Waals surface area (Å²) in [7, 11) is 5.42. The lowest BCUT2D eigenvalue weighted by atomic mass is 10.1. The summed E-state index contributed by atoms with van der Waals surface area (Å²) in [4.78, 5) is 26.6. The molecular weight excluding hydrogens is 316 g/mol. The number of aryl methyl sites for hydroxylation is 2. The van der Waals surface area contributed by atoms with Crippen molar-refractivity contribution >= 4 is 34.7 Å². The van der Waals surface area contributed by atoms with E-state index in [1.165, 1.54) is 0 Å². The SMILES string of the molecule is Cc1nn(C)c(C)c1C(=O)C(=O)Nc1cc(Cl)ccc1N(C)C. The highest BCUT2D eigenvalue weighted by atomic mass is 35.5. The molecule has 0 unspecified atom stereocenters. The van der Waals surface area contributed by atoms with Gasteiger partial charge in [-0.1, -0.05) is 11.6 Å². The summed E-state index contributed by atoms with van der Waals surface area (Å²) >= 11 is 5.99. The largest absolute Gasteiger partial charge is 0.376 e. The Morgan fingerprint density at radius 3 is 2.43 bits per heavy atom. The van der Waals surface area contributed by atoms with Crippen LogP contribution in [0.2, 0.25) is 5.02 Å². The van der Waals surface area contributed by atoms with Gasteiger partial charge in [-0.3, -0.25) is 14.3 Å². The average Bonchev–Trinajstić information content (AvgIpc) is 2.71. The van der Waals surface area contributed by atoms with E-state index in [0.717, 1.165) is 5.69 Å². The molecule has 7 heteroatoms. The second-order valence-corrected chi connectivity index (χ2v) is 5.95. The van der Waals surface area contributed by atoms with Crippen LogP contribution >= 0.6 is 11.6 Å². The van der Waals surface area contributed by atoms with E-state index in [4.69, 9.17) is 11.6 Å². The lowest BCUT2D eigenvalue weighted by Crippen LogP contribution is -2.25. The molecule has 0 saturated carbocycles. The van der Waals surface area contributed by atoms with E-state index < -0.39 is 11.7 Å². The maximum absolute atomic E-state index is 12.5. The van der Waals surface area contributed by atoms with Crippen LogP contribution in [0.1, 0.15) is 21.7 Å². The maximum Gasteiger partial charge on any atom is 0.296 e. The van der Waals surface area contributed by atoms with Crippen LogP contribution in [-0.2, 0) is 11.8 Å². The number of carbonyl (C=O) groups excluding carboxylic acids is 2. The zero-order valence-corrected chi connectivity index (χ0v) is 14.5. The van der Waals surface area contributed by atoms with Crippen LogP contribution in [0.4, 0.5) is 11.4 Å². The molecule has 122 valence electrons. The number of hydrogen-bond acceptors (Lipinski definition) is 4. The third-order valence-electron chi connectivity index (χ3n) is 3.63. The van der Waals surface area contributed by atoms with Gasteiger partial charge < -0.3 is 10.2 Å². The van der Waals surface area contributed by atoms with Gasteiger partial charge >= 0.3 is 0 Å². The summed E-state index contributed by atoms with van der Waals surface area (Å²) in [5, 5.41) is 7.29. The first-order valence-corrected chi connectivity index (χ1v) is 7.43. The first-order chi connectivity index (χ1) is 10.7. The highest BCUT2D eigenvalue weighted by Gasteiger charge is 2.24. The van der Waals surface area contributed by atoms with Crippen LogP contribution in [0.3, 0.4) is 0 Å². The van der Waals surface area contributed by atoms with E-state index >= 15 is 0 Å². The summed E-state index contributed by atoms with van der Waals surface area (Å²) in [6.07, 6.45) is 0. The molecule has 0 aliphatic rings. The summed E-state index contributed by atoms with van der Waals surface area (Å²) in [5.41, 5.74) is 2.76. The summed E-state index contributed by atoms with van der Waals surface area (Å²) in [6, 6.07) is 5.12. The van der Waals surface area contributed by atoms with Gasteiger partial charge in [-0.15, -0.1) is 0 Å². The zero-order valence-electron chi connectivity index (χ0n) is 13.8. The van der Waals surface area contributed by atoms with E-state index in [9.17, 15) is 9.59 Å². The fourth-order valence-electron chi connectivity index (χ4n) is 2.39. The van der Waals surface area contributed by atoms with Gasteiger partial charge in [0, 0.05) is 31.9 Å². The molecule has 1 amide bonds. The monoisotopic (exact) mass is 334 g/mol. The number of rotatable bonds is 4. The third kappa shape index (κ3) is 3.37. The predicted octanol–water partition coefficient (Wildman–Crippen LogP) is 2.58. The van der Waals surface area contributed by atoms with Crippen molar-refractivity contribution in [3.63, 3.8) is 0 Å². The topological polar surface area (TPSA) is 67.2 Å². The molecule has 1 heterocycles. The number of carbonyl (C=O) groups is 2. The molecule has 0 atom stereocenters. The number of ketones is 1. The molecule has 0 saturated heterocycles. The number of Topliss-reactive ketones (excluding diaryl/α,β-unsaturated/α-hetero) is 1.